The Morgan fingerprint density at radius 2 is 1.96 bits per heavy atom. The Bertz CT molecular complexity index is 612. The molecule has 0 saturated heterocycles. The van der Waals surface area contributed by atoms with E-state index in [4.69, 9.17) is 5.73 Å². The van der Waals surface area contributed by atoms with Crippen LogP contribution in [0.25, 0.3) is 5.57 Å². The van der Waals surface area contributed by atoms with Crippen molar-refractivity contribution in [2.75, 3.05) is 20.1 Å². The van der Waals surface area contributed by atoms with Gasteiger partial charge >= 0.3 is 0 Å². The molecule has 1 aliphatic carbocycles. The second-order valence-electron chi connectivity index (χ2n) is 6.60. The summed E-state index contributed by atoms with van der Waals surface area (Å²) in [5.41, 5.74) is 11.7. The van der Waals surface area contributed by atoms with Crippen LogP contribution >= 0.6 is 0 Å². The molecule has 3 N–H and O–H groups in total. The van der Waals surface area contributed by atoms with Crippen LogP contribution in [0, 0.1) is 0 Å². The summed E-state index contributed by atoms with van der Waals surface area (Å²) in [6.45, 7) is 8.01. The van der Waals surface area contributed by atoms with Crippen molar-refractivity contribution in [2.24, 2.45) is 5.73 Å². The molecule has 2 nitrogen and oxygen atoms in total. The molecule has 0 spiro atoms. The quantitative estimate of drug-likeness (QED) is 0.488. The van der Waals surface area contributed by atoms with Gasteiger partial charge in [0, 0.05) is 5.41 Å². The monoisotopic (exact) mass is 324 g/mol. The second kappa shape index (κ2) is 9.00. The summed E-state index contributed by atoms with van der Waals surface area (Å²) in [5.74, 6) is 0. The zero-order valence-electron chi connectivity index (χ0n) is 15.3. The molecule has 2 rings (SSSR count). The highest BCUT2D eigenvalue weighted by Gasteiger charge is 2.42. The molecule has 0 bridgehead atoms. The molecular weight excluding hydrogens is 292 g/mol. The molecule has 0 fully saturated rings. The third-order valence-electron chi connectivity index (χ3n) is 5.24. The highest BCUT2D eigenvalue weighted by molar-refractivity contribution is 5.86. The van der Waals surface area contributed by atoms with Crippen LogP contribution in [0.4, 0.5) is 0 Å². The fourth-order valence-corrected chi connectivity index (χ4v) is 4.16. The SMILES string of the molecule is C=CC1=C(C/C=C\C)C(CCCN)(CCCNC)c2ccccc21. The predicted octanol–water partition coefficient (Wildman–Crippen LogP) is 4.58. The minimum absolute atomic E-state index is 0.107. The summed E-state index contributed by atoms with van der Waals surface area (Å²) >= 11 is 0. The van der Waals surface area contributed by atoms with E-state index in [9.17, 15) is 0 Å². The Kier molecular flexibility index (Phi) is 7.01. The lowest BCUT2D eigenvalue weighted by Gasteiger charge is -2.34. The molecule has 1 aromatic carbocycles. The summed E-state index contributed by atoms with van der Waals surface area (Å²) in [7, 11) is 2.03. The maximum absolute atomic E-state index is 5.89. The van der Waals surface area contributed by atoms with Crippen LogP contribution in [0.1, 0.15) is 50.2 Å². The fraction of sp³-hybridized carbons (Fsp3) is 0.455. The summed E-state index contributed by atoms with van der Waals surface area (Å²) in [6, 6.07) is 8.89. The number of hydrogen-bond acceptors (Lipinski definition) is 2. The molecule has 0 aromatic heterocycles. The number of allylic oxidation sites excluding steroid dienone is 5. The van der Waals surface area contributed by atoms with Crippen LogP contribution in [0.15, 0.2) is 54.6 Å². The van der Waals surface area contributed by atoms with Crippen LogP contribution in [0.2, 0.25) is 0 Å². The van der Waals surface area contributed by atoms with E-state index in [1.807, 2.05) is 7.05 Å². The standard InChI is InChI=1S/C22H32N2/c1-4-6-12-20-18(5-2)19-11-7-8-13-21(19)22(20,14-9-16-23)15-10-17-24-3/h4-8,11,13,24H,2,9-10,12,14-17,23H2,1,3H3/b6-4-. The lowest BCUT2D eigenvalue weighted by molar-refractivity contribution is 0.404. The van der Waals surface area contributed by atoms with Crippen molar-refractivity contribution in [1.29, 1.82) is 0 Å². The first-order valence-electron chi connectivity index (χ1n) is 9.17. The molecule has 1 unspecified atom stereocenters. The highest BCUT2D eigenvalue weighted by atomic mass is 14.8. The van der Waals surface area contributed by atoms with Crippen molar-refractivity contribution in [3.05, 3.63) is 65.8 Å². The zero-order valence-corrected chi connectivity index (χ0v) is 15.3. The largest absolute Gasteiger partial charge is 0.330 e. The molecule has 2 heteroatoms. The van der Waals surface area contributed by atoms with Crippen molar-refractivity contribution in [1.82, 2.24) is 5.32 Å². The molecule has 0 amide bonds. The summed E-state index contributed by atoms with van der Waals surface area (Å²) in [6.07, 6.45) is 12.0. The Morgan fingerprint density at radius 3 is 2.62 bits per heavy atom. The molecule has 0 saturated carbocycles. The van der Waals surface area contributed by atoms with Crippen molar-refractivity contribution in [2.45, 2.75) is 44.4 Å². The van der Waals surface area contributed by atoms with E-state index in [-0.39, 0.29) is 5.41 Å². The lowest BCUT2D eigenvalue weighted by Crippen LogP contribution is -2.29. The average molecular weight is 325 g/mol. The summed E-state index contributed by atoms with van der Waals surface area (Å²) < 4.78 is 0. The van der Waals surface area contributed by atoms with Gasteiger partial charge in [0.15, 0.2) is 0 Å². The Morgan fingerprint density at radius 1 is 1.21 bits per heavy atom. The number of fused-ring (bicyclic) bond motifs is 1. The topological polar surface area (TPSA) is 38.0 Å². The number of benzene rings is 1. The third-order valence-corrected chi connectivity index (χ3v) is 5.24. The first-order chi connectivity index (χ1) is 11.7. The Balaban J connectivity index is 2.55. The van der Waals surface area contributed by atoms with Crippen LogP contribution in [0.5, 0.6) is 0 Å². The number of nitrogens with one attached hydrogen (secondary N) is 1. The van der Waals surface area contributed by atoms with Gasteiger partial charge in [-0.2, -0.15) is 0 Å². The Hall–Kier alpha value is -1.64. The van der Waals surface area contributed by atoms with Gasteiger partial charge in [0.1, 0.15) is 0 Å². The van der Waals surface area contributed by atoms with Gasteiger partial charge in [-0.1, -0.05) is 49.1 Å². The van der Waals surface area contributed by atoms with Crippen molar-refractivity contribution in [3.8, 4) is 0 Å². The minimum atomic E-state index is 0.107. The van der Waals surface area contributed by atoms with Gasteiger partial charge in [0.25, 0.3) is 0 Å². The maximum atomic E-state index is 5.89. The zero-order chi connectivity index (χ0) is 17.4. The van der Waals surface area contributed by atoms with Crippen LogP contribution in [0.3, 0.4) is 0 Å². The maximum Gasteiger partial charge on any atom is 0.0181 e. The molecule has 0 radical (unpaired) electrons. The van der Waals surface area contributed by atoms with Gasteiger partial charge in [-0.05, 0) is 81.4 Å². The van der Waals surface area contributed by atoms with Gasteiger partial charge in [-0.15, -0.1) is 0 Å². The van der Waals surface area contributed by atoms with Gasteiger partial charge in [0.2, 0.25) is 0 Å². The molecule has 1 aliphatic rings. The normalized spacial score (nSPS) is 20.0. The number of hydrogen-bond donors (Lipinski definition) is 2. The van der Waals surface area contributed by atoms with E-state index >= 15 is 0 Å². The van der Waals surface area contributed by atoms with Crippen molar-refractivity contribution < 1.29 is 0 Å². The van der Waals surface area contributed by atoms with E-state index in [0.717, 1.165) is 38.8 Å². The van der Waals surface area contributed by atoms with E-state index in [0.29, 0.717) is 0 Å². The van der Waals surface area contributed by atoms with Gasteiger partial charge in [0.05, 0.1) is 0 Å². The van der Waals surface area contributed by atoms with Gasteiger partial charge < -0.3 is 11.1 Å². The summed E-state index contributed by atoms with van der Waals surface area (Å²) in [4.78, 5) is 0. The van der Waals surface area contributed by atoms with Crippen LogP contribution in [-0.2, 0) is 5.41 Å². The average Bonchev–Trinajstić information content (AvgIpc) is 2.88. The van der Waals surface area contributed by atoms with Crippen LogP contribution in [-0.4, -0.2) is 20.1 Å². The summed E-state index contributed by atoms with van der Waals surface area (Å²) in [5, 5.41) is 3.30. The predicted molar refractivity (Wildman–Crippen MR) is 106 cm³/mol. The molecule has 1 aromatic rings. The second-order valence-corrected chi connectivity index (χ2v) is 6.60. The smallest absolute Gasteiger partial charge is 0.0181 e. The third kappa shape index (κ3) is 3.55. The van der Waals surface area contributed by atoms with E-state index < -0.39 is 0 Å². The lowest BCUT2D eigenvalue weighted by atomic mass is 9.69. The van der Waals surface area contributed by atoms with E-state index in [1.54, 1.807) is 0 Å². The number of rotatable bonds is 10. The molecule has 0 heterocycles. The minimum Gasteiger partial charge on any atom is -0.330 e. The molecule has 1 atom stereocenters. The first kappa shape index (κ1) is 18.7. The number of nitrogens with two attached hydrogens (primary N) is 1. The van der Waals surface area contributed by atoms with Gasteiger partial charge in [-0.25, -0.2) is 0 Å². The van der Waals surface area contributed by atoms with Crippen molar-refractivity contribution >= 4 is 5.57 Å². The van der Waals surface area contributed by atoms with Crippen LogP contribution < -0.4 is 11.1 Å². The van der Waals surface area contributed by atoms with Gasteiger partial charge in [-0.3, -0.25) is 0 Å². The molecule has 24 heavy (non-hydrogen) atoms. The molecule has 0 aliphatic heterocycles. The molecule has 130 valence electrons. The van der Waals surface area contributed by atoms with Crippen molar-refractivity contribution in [3.63, 3.8) is 0 Å². The first-order valence-corrected chi connectivity index (χ1v) is 9.17. The van der Waals surface area contributed by atoms with E-state index in [1.165, 1.54) is 28.7 Å². The Labute approximate surface area is 147 Å². The highest BCUT2D eigenvalue weighted by Crippen LogP contribution is 2.53. The molecular formula is C22H32N2. The fourth-order valence-electron chi connectivity index (χ4n) is 4.16. The van der Waals surface area contributed by atoms with E-state index in [2.05, 4.69) is 61.3 Å².